The van der Waals surface area contributed by atoms with E-state index in [2.05, 4.69) is 53.6 Å². The topological polar surface area (TPSA) is 26.5 Å². The summed E-state index contributed by atoms with van der Waals surface area (Å²) in [6, 6.07) is 0.335. The van der Waals surface area contributed by atoms with Crippen molar-refractivity contribution in [2.45, 2.75) is 126 Å². The van der Waals surface area contributed by atoms with Crippen LogP contribution >= 0.6 is 35.5 Å². The fourth-order valence-electron chi connectivity index (χ4n) is 6.69. The van der Waals surface area contributed by atoms with E-state index in [1.54, 1.807) is 0 Å². The molecule has 0 radical (unpaired) electrons. The van der Waals surface area contributed by atoms with Gasteiger partial charge in [-0.2, -0.15) is 0 Å². The van der Waals surface area contributed by atoms with E-state index in [4.69, 9.17) is 10.1 Å². The first-order valence-corrected chi connectivity index (χ1v) is 19.5. The van der Waals surface area contributed by atoms with Gasteiger partial charge in [0.1, 0.15) is 0 Å². The predicted octanol–water partition coefficient (Wildman–Crippen LogP) is 10.1. The Bertz CT molecular complexity index is 581. The summed E-state index contributed by atoms with van der Waals surface area (Å²) in [6.45, 7) is 3.11. The van der Waals surface area contributed by atoms with E-state index in [0.29, 0.717) is 6.04 Å². The van der Waals surface area contributed by atoms with E-state index in [-0.39, 0.29) is 0 Å². The van der Waals surface area contributed by atoms with Crippen molar-refractivity contribution >= 4 is 35.5 Å². The molecule has 1 atom stereocenters. The van der Waals surface area contributed by atoms with Gasteiger partial charge in [0.2, 0.25) is 0 Å². The molecule has 0 aromatic carbocycles. The molecule has 31 heavy (non-hydrogen) atoms. The predicted molar refractivity (Wildman–Crippen MR) is 143 cm³/mol. The van der Waals surface area contributed by atoms with Crippen molar-refractivity contribution in [2.75, 3.05) is 6.54 Å². The maximum absolute atomic E-state index is 5.90. The fraction of sp³-hybridized carbons (Fsp3) is 0.840. The third-order valence-corrected chi connectivity index (χ3v) is 13.7. The first-order valence-electron chi connectivity index (χ1n) is 12.7. The number of nitrogens with zero attached hydrogens (tertiary/aromatic N) is 2. The zero-order valence-corrected chi connectivity index (χ0v) is 24.3. The van der Waals surface area contributed by atoms with E-state index < -0.39 is 7.05 Å². The zero-order chi connectivity index (χ0) is 21.9. The van der Waals surface area contributed by atoms with Crippen LogP contribution in [0.4, 0.5) is 0 Å². The van der Waals surface area contributed by atoms with Gasteiger partial charge in [0, 0.05) is 6.54 Å². The summed E-state index contributed by atoms with van der Waals surface area (Å²) < 4.78 is 5.90. The molecule has 1 aliphatic heterocycles. The summed E-state index contributed by atoms with van der Waals surface area (Å²) >= 11 is 6.00. The molecule has 0 N–H and O–H groups in total. The first-order chi connectivity index (χ1) is 15.2. The molecule has 4 rings (SSSR count). The van der Waals surface area contributed by atoms with Crippen LogP contribution in [0.5, 0.6) is 0 Å². The molecule has 2 nitrogen and oxygen atoms in total. The number of rotatable bonds is 5. The van der Waals surface area contributed by atoms with Crippen LogP contribution in [0.2, 0.25) is 0 Å². The summed E-state index contributed by atoms with van der Waals surface area (Å²) in [5, 5.41) is 4.92. The van der Waals surface area contributed by atoms with E-state index in [1.165, 1.54) is 113 Å². The number of hydrogen-bond donors (Lipinski definition) is 0. The van der Waals surface area contributed by atoms with Gasteiger partial charge in [-0.25, -0.2) is 0 Å². The van der Waals surface area contributed by atoms with E-state index in [1.807, 2.05) is 0 Å². The first kappa shape index (κ1) is 26.6. The van der Waals surface area contributed by atoms with Crippen molar-refractivity contribution in [1.82, 2.24) is 0 Å². The minimum atomic E-state index is -1.31. The van der Waals surface area contributed by atoms with Gasteiger partial charge in [0.25, 0.3) is 0 Å². The van der Waals surface area contributed by atoms with Crippen molar-refractivity contribution in [2.24, 2.45) is 4.74 Å². The Labute approximate surface area is 212 Å². The van der Waals surface area contributed by atoms with Crippen molar-refractivity contribution < 1.29 is 10.9 Å². The van der Waals surface area contributed by atoms with Crippen LogP contribution in [0, 0.1) is 0 Å². The number of allylic oxidation sites excluding steroid dienone is 2. The van der Waals surface area contributed by atoms with Gasteiger partial charge in [0.15, 0.2) is 0 Å². The van der Waals surface area contributed by atoms with E-state index in [0.717, 1.165) is 23.5 Å². The molecule has 3 aliphatic carbocycles. The Morgan fingerprint density at radius 3 is 1.65 bits per heavy atom. The molecule has 3 fully saturated rings. The molecule has 6 heteroatoms. The Kier molecular flexibility index (Phi) is 12.3. The number of hydrogen-bond acceptors (Lipinski definition) is 1. The number of halogens is 2. The van der Waals surface area contributed by atoms with E-state index >= 15 is 0 Å². The van der Waals surface area contributed by atoms with Gasteiger partial charge in [-0.3, -0.25) is 4.74 Å². The molecule has 4 aliphatic rings. The molecule has 0 aromatic heterocycles. The fourth-order valence-corrected chi connectivity index (χ4v) is 13.1. The Morgan fingerprint density at radius 1 is 0.839 bits per heavy atom. The van der Waals surface area contributed by atoms with E-state index in [9.17, 15) is 0 Å². The second-order valence-corrected chi connectivity index (χ2v) is 19.0. The second kappa shape index (κ2) is 14.4. The van der Waals surface area contributed by atoms with Crippen LogP contribution in [0.25, 0.3) is 5.32 Å². The van der Waals surface area contributed by atoms with Crippen molar-refractivity contribution in [3.63, 3.8) is 0 Å². The third kappa shape index (κ3) is 7.47. The normalized spacial score (nSPS) is 26.5. The molecule has 0 bridgehead atoms. The SMILES string of the molecule is CC1C=CC=C(CN=P(C2CCCCC2)(C2CCCCC2)C2CCCCC2)[N-]1.[Br][Ni+][Br]. The van der Waals surface area contributed by atoms with Crippen LogP contribution in [-0.2, 0) is 10.9 Å². The van der Waals surface area contributed by atoms with Crippen LogP contribution < -0.4 is 0 Å². The molecule has 3 saturated carbocycles. The molecule has 1 heterocycles. The molecule has 0 aromatic rings. The van der Waals surface area contributed by atoms with Crippen LogP contribution in [0.15, 0.2) is 28.7 Å². The van der Waals surface area contributed by atoms with Gasteiger partial charge < -0.3 is 5.32 Å². The van der Waals surface area contributed by atoms with Gasteiger partial charge in [-0.15, -0.1) is 11.7 Å². The average molecular weight is 620 g/mol. The Hall–Kier alpha value is 0.964. The molecular formula is C25H42Br2N2NiP. The standard InChI is InChI=1S/C25H42N2P.2BrH.Ni/c1-21-12-11-13-22(27-21)20-26-28(23-14-5-2-6-15-23,24-16-7-3-8-17-24)25-18-9-4-10-19-25;;;/h11-13,21,23-25H,2-10,14-20H2,1H3;2*1H;/q-1;;;+3/p-2. The molecule has 181 valence electrons. The van der Waals surface area contributed by atoms with Crippen molar-refractivity contribution in [3.8, 4) is 0 Å². The zero-order valence-electron chi connectivity index (χ0n) is 19.3. The summed E-state index contributed by atoms with van der Waals surface area (Å²) in [5.74, 6) is 0. The maximum atomic E-state index is 5.90. The second-order valence-electron chi connectivity index (χ2n) is 9.93. The average Bonchev–Trinajstić information content (AvgIpc) is 2.82. The van der Waals surface area contributed by atoms with Crippen LogP contribution in [0.3, 0.4) is 0 Å². The summed E-state index contributed by atoms with van der Waals surface area (Å²) in [4.78, 5) is 0. The van der Waals surface area contributed by atoms with Crippen molar-refractivity contribution in [1.29, 1.82) is 0 Å². The Morgan fingerprint density at radius 2 is 1.26 bits per heavy atom. The van der Waals surface area contributed by atoms with Crippen LogP contribution in [0.1, 0.15) is 103 Å². The third-order valence-electron chi connectivity index (χ3n) is 8.00. The molecular weight excluding hydrogens is 578 g/mol. The molecule has 0 amide bonds. The van der Waals surface area contributed by atoms with Gasteiger partial charge in [0.05, 0.1) is 0 Å². The van der Waals surface area contributed by atoms with Gasteiger partial charge in [-0.05, 0) is 62.6 Å². The minimum absolute atomic E-state index is 0.335. The summed E-state index contributed by atoms with van der Waals surface area (Å²) in [6.07, 6.45) is 28.8. The van der Waals surface area contributed by atoms with Gasteiger partial charge >= 0.3 is 39.3 Å². The molecule has 0 spiro atoms. The molecule has 1 unspecified atom stereocenters. The van der Waals surface area contributed by atoms with Crippen LogP contribution in [-0.4, -0.2) is 29.6 Å². The quantitative estimate of drug-likeness (QED) is 0.216. The molecule has 0 saturated heterocycles. The summed E-state index contributed by atoms with van der Waals surface area (Å²) in [7, 11) is -0.0587. The monoisotopic (exact) mass is 617 g/mol. The van der Waals surface area contributed by atoms with Crippen molar-refractivity contribution in [3.05, 3.63) is 29.2 Å². The summed E-state index contributed by atoms with van der Waals surface area (Å²) in [5.41, 5.74) is 4.10. The Balaban J connectivity index is 0.000000858. The van der Waals surface area contributed by atoms with Gasteiger partial charge in [-0.1, -0.05) is 82.9 Å².